The van der Waals surface area contributed by atoms with Crippen LogP contribution in [0.15, 0.2) is 0 Å². The molecule has 1 saturated heterocycles. The van der Waals surface area contributed by atoms with Crippen molar-refractivity contribution in [2.45, 2.75) is 44.8 Å². The Morgan fingerprint density at radius 2 is 2.36 bits per heavy atom. The number of esters is 1. The van der Waals surface area contributed by atoms with Gasteiger partial charge in [0.1, 0.15) is 6.10 Å². The molecule has 3 nitrogen and oxygen atoms in total. The van der Waals surface area contributed by atoms with Crippen molar-refractivity contribution in [3.63, 3.8) is 0 Å². The average Bonchev–Trinajstić information content (AvgIpc) is 2.10. The van der Waals surface area contributed by atoms with Gasteiger partial charge >= 0.3 is 5.97 Å². The molecule has 0 amide bonds. The van der Waals surface area contributed by atoms with Crippen molar-refractivity contribution in [2.24, 2.45) is 0 Å². The molecule has 3 heteroatoms. The van der Waals surface area contributed by atoms with E-state index in [1.807, 2.05) is 0 Å². The zero-order valence-corrected chi connectivity index (χ0v) is 6.96. The summed E-state index contributed by atoms with van der Waals surface area (Å²) in [5.74, 6) is -0.140. The zero-order chi connectivity index (χ0) is 8.48. The van der Waals surface area contributed by atoms with E-state index in [-0.39, 0.29) is 12.1 Å². The molecule has 0 spiro atoms. The van der Waals surface area contributed by atoms with Gasteiger partial charge in [-0.2, -0.15) is 0 Å². The number of carbonyl (C=O) groups excluding carboxylic acids is 1. The van der Waals surface area contributed by atoms with Gasteiger partial charge in [0.15, 0.2) is 0 Å². The second kappa shape index (κ2) is 2.81. The highest BCUT2D eigenvalue weighted by Crippen LogP contribution is 2.22. The fourth-order valence-corrected chi connectivity index (χ4v) is 1.28. The van der Waals surface area contributed by atoms with Gasteiger partial charge < -0.3 is 9.84 Å². The second-order valence-electron chi connectivity index (χ2n) is 3.67. The Kier molecular flexibility index (Phi) is 2.18. The van der Waals surface area contributed by atoms with Crippen LogP contribution in [-0.2, 0) is 9.53 Å². The fourth-order valence-electron chi connectivity index (χ4n) is 1.28. The molecule has 1 rings (SSSR count). The summed E-state index contributed by atoms with van der Waals surface area (Å²) < 4.78 is 4.94. The molecule has 1 atom stereocenters. The summed E-state index contributed by atoms with van der Waals surface area (Å²) in [5.41, 5.74) is -0.727. The van der Waals surface area contributed by atoms with Crippen LogP contribution in [0.25, 0.3) is 0 Å². The first kappa shape index (κ1) is 8.53. The summed E-state index contributed by atoms with van der Waals surface area (Å²) in [4.78, 5) is 10.6. The van der Waals surface area contributed by atoms with E-state index in [9.17, 15) is 9.90 Å². The molecule has 0 aliphatic carbocycles. The van der Waals surface area contributed by atoms with Crippen LogP contribution >= 0.6 is 0 Å². The van der Waals surface area contributed by atoms with E-state index in [0.717, 1.165) is 6.42 Å². The van der Waals surface area contributed by atoms with Crippen molar-refractivity contribution in [3.8, 4) is 0 Å². The molecule has 0 aromatic rings. The number of ether oxygens (including phenoxy) is 1. The molecule has 1 unspecified atom stereocenters. The van der Waals surface area contributed by atoms with Crippen LogP contribution < -0.4 is 0 Å². The lowest BCUT2D eigenvalue weighted by atomic mass is 9.99. The van der Waals surface area contributed by atoms with Crippen molar-refractivity contribution in [1.29, 1.82) is 0 Å². The summed E-state index contributed by atoms with van der Waals surface area (Å²) in [6.07, 6.45) is 1.73. The molecule has 0 radical (unpaired) electrons. The molecule has 1 aliphatic rings. The highest BCUT2D eigenvalue weighted by atomic mass is 16.5. The number of rotatable bonds is 2. The second-order valence-corrected chi connectivity index (χ2v) is 3.67. The van der Waals surface area contributed by atoms with Gasteiger partial charge in [-0.3, -0.25) is 4.79 Å². The van der Waals surface area contributed by atoms with Gasteiger partial charge in [-0.1, -0.05) is 0 Å². The molecule has 11 heavy (non-hydrogen) atoms. The number of cyclic esters (lactones) is 1. The first-order chi connectivity index (χ1) is 4.97. The topological polar surface area (TPSA) is 46.5 Å². The predicted octanol–water partition coefficient (Wildman–Crippen LogP) is 0.853. The summed E-state index contributed by atoms with van der Waals surface area (Å²) in [7, 11) is 0. The molecule has 0 saturated carbocycles. The van der Waals surface area contributed by atoms with Gasteiger partial charge in [-0.15, -0.1) is 0 Å². The molecule has 0 aromatic carbocycles. The van der Waals surface area contributed by atoms with Crippen molar-refractivity contribution in [3.05, 3.63) is 0 Å². The smallest absolute Gasteiger partial charge is 0.306 e. The molecule has 0 aromatic heterocycles. The normalized spacial score (nSPS) is 25.4. The third kappa shape index (κ3) is 2.89. The average molecular weight is 158 g/mol. The first-order valence-corrected chi connectivity index (χ1v) is 3.89. The van der Waals surface area contributed by atoms with Gasteiger partial charge in [-0.05, 0) is 20.3 Å². The Labute approximate surface area is 66.4 Å². The lowest BCUT2D eigenvalue weighted by Crippen LogP contribution is -2.25. The standard InChI is InChI=1S/C8H14O3/c1-8(2,10)5-6-3-4-7(9)11-6/h6,10H,3-5H2,1-2H3. The van der Waals surface area contributed by atoms with Crippen molar-refractivity contribution < 1.29 is 14.6 Å². The van der Waals surface area contributed by atoms with E-state index in [2.05, 4.69) is 0 Å². The number of aliphatic hydroxyl groups is 1. The predicted molar refractivity (Wildman–Crippen MR) is 40.0 cm³/mol. The Bertz CT molecular complexity index is 157. The maximum Gasteiger partial charge on any atom is 0.306 e. The molecule has 1 aliphatic heterocycles. The maximum atomic E-state index is 10.6. The lowest BCUT2D eigenvalue weighted by molar-refractivity contribution is -0.142. The fraction of sp³-hybridized carbons (Fsp3) is 0.875. The third-order valence-corrected chi connectivity index (χ3v) is 1.70. The maximum absolute atomic E-state index is 10.6. The molecule has 1 N–H and O–H groups in total. The van der Waals surface area contributed by atoms with E-state index in [4.69, 9.17) is 4.74 Å². The molecular formula is C8H14O3. The van der Waals surface area contributed by atoms with Crippen LogP contribution in [0.5, 0.6) is 0 Å². The lowest BCUT2D eigenvalue weighted by Gasteiger charge is -2.20. The number of hydrogen-bond donors (Lipinski definition) is 1. The summed E-state index contributed by atoms with van der Waals surface area (Å²) in [6.45, 7) is 3.44. The van der Waals surface area contributed by atoms with Crippen molar-refractivity contribution in [2.75, 3.05) is 0 Å². The zero-order valence-electron chi connectivity index (χ0n) is 6.96. The van der Waals surface area contributed by atoms with E-state index in [1.165, 1.54) is 0 Å². The molecular weight excluding hydrogens is 144 g/mol. The van der Waals surface area contributed by atoms with Gasteiger partial charge in [0.25, 0.3) is 0 Å². The largest absolute Gasteiger partial charge is 0.462 e. The van der Waals surface area contributed by atoms with Crippen LogP contribution in [-0.4, -0.2) is 22.8 Å². The van der Waals surface area contributed by atoms with Gasteiger partial charge in [0.2, 0.25) is 0 Å². The Hall–Kier alpha value is -0.570. The minimum atomic E-state index is -0.727. The molecule has 0 bridgehead atoms. The van der Waals surface area contributed by atoms with Crippen LogP contribution in [0.2, 0.25) is 0 Å². The summed E-state index contributed by atoms with van der Waals surface area (Å²) in [5, 5.41) is 9.37. The first-order valence-electron chi connectivity index (χ1n) is 3.89. The van der Waals surface area contributed by atoms with Gasteiger partial charge in [0.05, 0.1) is 5.60 Å². The minimum absolute atomic E-state index is 0.0671. The number of hydrogen-bond acceptors (Lipinski definition) is 3. The third-order valence-electron chi connectivity index (χ3n) is 1.70. The Balaban J connectivity index is 2.34. The minimum Gasteiger partial charge on any atom is -0.462 e. The van der Waals surface area contributed by atoms with E-state index in [1.54, 1.807) is 13.8 Å². The Morgan fingerprint density at radius 1 is 1.73 bits per heavy atom. The highest BCUT2D eigenvalue weighted by Gasteiger charge is 2.28. The number of carbonyl (C=O) groups is 1. The van der Waals surface area contributed by atoms with Crippen LogP contribution in [0.1, 0.15) is 33.1 Å². The van der Waals surface area contributed by atoms with Crippen molar-refractivity contribution >= 4 is 5.97 Å². The summed E-state index contributed by atoms with van der Waals surface area (Å²) in [6, 6.07) is 0. The van der Waals surface area contributed by atoms with Crippen LogP contribution in [0, 0.1) is 0 Å². The highest BCUT2D eigenvalue weighted by molar-refractivity contribution is 5.71. The van der Waals surface area contributed by atoms with Crippen molar-refractivity contribution in [1.82, 2.24) is 0 Å². The molecule has 1 heterocycles. The SMILES string of the molecule is CC(C)(O)CC1CCC(=O)O1. The molecule has 1 fully saturated rings. The summed E-state index contributed by atoms with van der Waals surface area (Å²) >= 11 is 0. The van der Waals surface area contributed by atoms with Gasteiger partial charge in [0, 0.05) is 12.8 Å². The quantitative estimate of drug-likeness (QED) is 0.606. The Morgan fingerprint density at radius 3 is 2.73 bits per heavy atom. The van der Waals surface area contributed by atoms with E-state index < -0.39 is 5.60 Å². The monoisotopic (exact) mass is 158 g/mol. The van der Waals surface area contributed by atoms with E-state index >= 15 is 0 Å². The van der Waals surface area contributed by atoms with Crippen LogP contribution in [0.3, 0.4) is 0 Å². The molecule has 64 valence electrons. The van der Waals surface area contributed by atoms with Gasteiger partial charge in [-0.25, -0.2) is 0 Å². The van der Waals surface area contributed by atoms with Crippen LogP contribution in [0.4, 0.5) is 0 Å². The van der Waals surface area contributed by atoms with E-state index in [0.29, 0.717) is 12.8 Å².